The molecule has 0 aliphatic carbocycles. The van der Waals surface area contributed by atoms with Gasteiger partial charge in [-0.3, -0.25) is 10.1 Å². The second-order valence-electron chi connectivity index (χ2n) is 8.00. The van der Waals surface area contributed by atoms with Gasteiger partial charge in [-0.25, -0.2) is 4.79 Å². The van der Waals surface area contributed by atoms with Gasteiger partial charge in [-0.15, -0.1) is 0 Å². The fraction of sp³-hybridized carbons (Fsp3) is 0.765. The second kappa shape index (κ2) is 7.01. The van der Waals surface area contributed by atoms with Crippen molar-refractivity contribution >= 4 is 11.9 Å². The van der Waals surface area contributed by atoms with Crippen molar-refractivity contribution < 1.29 is 14.7 Å². The molecule has 3 amide bonds. The Morgan fingerprint density at radius 1 is 1.30 bits per heavy atom. The average Bonchev–Trinajstić information content (AvgIpc) is 2.31. The van der Waals surface area contributed by atoms with Gasteiger partial charge in [0.25, 0.3) is 5.91 Å². The van der Waals surface area contributed by atoms with Gasteiger partial charge in [0.15, 0.2) is 0 Å². The Morgan fingerprint density at radius 3 is 2.17 bits per heavy atom. The number of urea groups is 1. The number of piperidine rings is 1. The third-order valence-corrected chi connectivity index (χ3v) is 3.94. The molecule has 23 heavy (non-hydrogen) atoms. The Labute approximate surface area is 139 Å². The van der Waals surface area contributed by atoms with E-state index in [9.17, 15) is 14.7 Å². The Hall–Kier alpha value is -1.40. The van der Waals surface area contributed by atoms with Crippen LogP contribution in [-0.4, -0.2) is 51.7 Å². The summed E-state index contributed by atoms with van der Waals surface area (Å²) >= 11 is 0. The molecule has 6 nitrogen and oxygen atoms in total. The predicted molar refractivity (Wildman–Crippen MR) is 91.1 cm³/mol. The normalized spacial score (nSPS) is 21.3. The highest BCUT2D eigenvalue weighted by Gasteiger charge is 2.41. The van der Waals surface area contributed by atoms with Crippen molar-refractivity contribution in [2.24, 2.45) is 0 Å². The van der Waals surface area contributed by atoms with Gasteiger partial charge in [-0.2, -0.15) is 0 Å². The van der Waals surface area contributed by atoms with Crippen LogP contribution in [-0.2, 0) is 4.79 Å². The molecule has 1 heterocycles. The number of amides is 3. The number of nitrogens with one attached hydrogen (secondary N) is 2. The number of imide groups is 1. The number of hydrogen-bond donors (Lipinski definition) is 3. The summed E-state index contributed by atoms with van der Waals surface area (Å²) in [6.45, 7) is 15.3. The van der Waals surface area contributed by atoms with Crippen molar-refractivity contribution in [2.75, 3.05) is 6.54 Å². The van der Waals surface area contributed by atoms with E-state index in [0.717, 1.165) is 12.8 Å². The van der Waals surface area contributed by atoms with Gasteiger partial charge in [0, 0.05) is 29.2 Å². The van der Waals surface area contributed by atoms with Gasteiger partial charge in [-0.1, -0.05) is 6.58 Å². The van der Waals surface area contributed by atoms with E-state index in [0.29, 0.717) is 0 Å². The Kier molecular flexibility index (Phi) is 5.99. The highest BCUT2D eigenvalue weighted by atomic mass is 16.3. The van der Waals surface area contributed by atoms with Crippen molar-refractivity contribution in [3.05, 3.63) is 12.2 Å². The molecule has 1 atom stereocenters. The second-order valence-corrected chi connectivity index (χ2v) is 8.00. The Morgan fingerprint density at radius 2 is 1.78 bits per heavy atom. The smallest absolute Gasteiger partial charge is 0.324 e. The lowest BCUT2D eigenvalue weighted by Gasteiger charge is -2.49. The highest BCUT2D eigenvalue weighted by Crippen LogP contribution is 2.31. The van der Waals surface area contributed by atoms with Gasteiger partial charge < -0.3 is 15.3 Å². The number of carbonyl (C=O) groups excluding carboxylic acids is 2. The van der Waals surface area contributed by atoms with E-state index in [2.05, 4.69) is 44.9 Å². The van der Waals surface area contributed by atoms with Crippen molar-refractivity contribution in [2.45, 2.75) is 77.6 Å². The van der Waals surface area contributed by atoms with E-state index in [1.807, 2.05) is 0 Å². The Bertz CT molecular complexity index is 467. The van der Waals surface area contributed by atoms with E-state index in [1.54, 1.807) is 18.7 Å². The summed E-state index contributed by atoms with van der Waals surface area (Å²) < 4.78 is 0. The molecule has 0 bridgehead atoms. The lowest BCUT2D eigenvalue weighted by Crippen LogP contribution is -2.64. The van der Waals surface area contributed by atoms with Crippen LogP contribution in [0.2, 0.25) is 0 Å². The molecule has 0 saturated carbocycles. The fourth-order valence-electron chi connectivity index (χ4n) is 3.45. The van der Waals surface area contributed by atoms with Crippen LogP contribution in [0.4, 0.5) is 4.79 Å². The first-order valence-corrected chi connectivity index (χ1v) is 8.08. The van der Waals surface area contributed by atoms with Gasteiger partial charge in [0.1, 0.15) is 0 Å². The van der Waals surface area contributed by atoms with E-state index in [-0.39, 0.29) is 29.2 Å². The minimum atomic E-state index is -0.665. The largest absolute Gasteiger partial charge is 0.392 e. The summed E-state index contributed by atoms with van der Waals surface area (Å²) in [4.78, 5) is 25.9. The topological polar surface area (TPSA) is 81.7 Å². The zero-order valence-corrected chi connectivity index (χ0v) is 15.2. The zero-order valence-electron chi connectivity index (χ0n) is 15.2. The number of hydrogen-bond acceptors (Lipinski definition) is 4. The van der Waals surface area contributed by atoms with Crippen molar-refractivity contribution in [1.29, 1.82) is 0 Å². The maximum absolute atomic E-state index is 12.5. The van der Waals surface area contributed by atoms with E-state index in [4.69, 9.17) is 0 Å². The lowest BCUT2D eigenvalue weighted by molar-refractivity contribution is -0.116. The third-order valence-electron chi connectivity index (χ3n) is 3.94. The van der Waals surface area contributed by atoms with E-state index >= 15 is 0 Å². The number of rotatable bonds is 4. The van der Waals surface area contributed by atoms with E-state index < -0.39 is 18.0 Å². The molecule has 1 rings (SSSR count). The summed E-state index contributed by atoms with van der Waals surface area (Å²) in [5.74, 6) is -0.488. The standard InChI is InChI=1S/C17H31N3O3/c1-11(2)14(22)18-15(23)20(10-12(3)21)13-8-16(4,5)19-17(6,7)9-13/h12-13,19,21H,1,8-10H2,2-7H3,(H,18,22,23). The van der Waals surface area contributed by atoms with Crippen LogP contribution in [0.3, 0.4) is 0 Å². The molecule has 132 valence electrons. The molecule has 0 aromatic heterocycles. The predicted octanol–water partition coefficient (Wildman–Crippen LogP) is 1.79. The molecular weight excluding hydrogens is 294 g/mol. The van der Waals surface area contributed by atoms with Crippen LogP contribution in [0.15, 0.2) is 12.2 Å². The molecule has 0 aromatic carbocycles. The summed E-state index contributed by atoms with van der Waals surface area (Å²) in [5, 5.41) is 15.7. The number of aliphatic hydroxyl groups is 1. The molecule has 0 aromatic rings. The minimum Gasteiger partial charge on any atom is -0.392 e. The first kappa shape index (κ1) is 19.6. The Balaban J connectivity index is 2.98. The van der Waals surface area contributed by atoms with Crippen molar-refractivity contribution in [3.8, 4) is 0 Å². The van der Waals surface area contributed by atoms with Crippen molar-refractivity contribution in [3.63, 3.8) is 0 Å². The van der Waals surface area contributed by atoms with Gasteiger partial charge in [-0.05, 0) is 54.4 Å². The maximum Gasteiger partial charge on any atom is 0.324 e. The minimum absolute atomic E-state index is 0.0613. The quantitative estimate of drug-likeness (QED) is 0.688. The first-order chi connectivity index (χ1) is 10.3. The summed E-state index contributed by atoms with van der Waals surface area (Å²) in [5.41, 5.74) is 0.00519. The number of aliphatic hydroxyl groups excluding tert-OH is 1. The third kappa shape index (κ3) is 5.95. The highest BCUT2D eigenvalue weighted by molar-refractivity contribution is 6.03. The SMILES string of the molecule is C=C(C)C(=O)NC(=O)N(CC(C)O)C1CC(C)(C)NC(C)(C)C1. The summed E-state index contributed by atoms with van der Waals surface area (Å²) in [6, 6.07) is -0.536. The number of carbonyl (C=O) groups is 2. The van der Waals surface area contributed by atoms with Crippen LogP contribution < -0.4 is 10.6 Å². The summed E-state index contributed by atoms with van der Waals surface area (Å²) in [7, 11) is 0. The van der Waals surface area contributed by atoms with Crippen LogP contribution >= 0.6 is 0 Å². The molecule has 6 heteroatoms. The van der Waals surface area contributed by atoms with Gasteiger partial charge >= 0.3 is 6.03 Å². The number of nitrogens with zero attached hydrogens (tertiary/aromatic N) is 1. The molecular formula is C17H31N3O3. The zero-order chi connectivity index (χ0) is 18.0. The first-order valence-electron chi connectivity index (χ1n) is 8.08. The van der Waals surface area contributed by atoms with Gasteiger partial charge in [0.2, 0.25) is 0 Å². The lowest BCUT2D eigenvalue weighted by atomic mass is 9.79. The van der Waals surface area contributed by atoms with E-state index in [1.165, 1.54) is 0 Å². The molecule has 1 aliphatic rings. The molecule has 1 saturated heterocycles. The molecule has 3 N–H and O–H groups in total. The molecule has 1 fully saturated rings. The average molecular weight is 325 g/mol. The maximum atomic E-state index is 12.5. The molecule has 1 aliphatic heterocycles. The van der Waals surface area contributed by atoms with Crippen LogP contribution in [0, 0.1) is 0 Å². The van der Waals surface area contributed by atoms with Gasteiger partial charge in [0.05, 0.1) is 6.10 Å². The van der Waals surface area contributed by atoms with Crippen LogP contribution in [0.5, 0.6) is 0 Å². The fourth-order valence-corrected chi connectivity index (χ4v) is 3.45. The van der Waals surface area contributed by atoms with Crippen molar-refractivity contribution in [1.82, 2.24) is 15.5 Å². The summed E-state index contributed by atoms with van der Waals surface area (Å²) in [6.07, 6.45) is 0.831. The van der Waals surface area contributed by atoms with Crippen LogP contribution in [0.25, 0.3) is 0 Å². The molecule has 1 unspecified atom stereocenters. The molecule has 0 radical (unpaired) electrons. The van der Waals surface area contributed by atoms with Crippen LogP contribution in [0.1, 0.15) is 54.4 Å². The monoisotopic (exact) mass is 325 g/mol. The molecule has 0 spiro atoms.